The molecule has 6 heteroatoms. The smallest absolute Gasteiger partial charge is 0.407 e. The van der Waals surface area contributed by atoms with E-state index in [0.717, 1.165) is 68.7 Å². The van der Waals surface area contributed by atoms with Gasteiger partial charge in [-0.05, 0) is 80.6 Å². The van der Waals surface area contributed by atoms with Gasteiger partial charge >= 0.3 is 6.09 Å². The van der Waals surface area contributed by atoms with Crippen LogP contribution in [0.15, 0.2) is 24.0 Å². The molecule has 4 rings (SSSR count). The molecule has 0 saturated carbocycles. The lowest BCUT2D eigenvalue weighted by Gasteiger charge is -2.35. The molecule has 2 N–H and O–H groups in total. The normalized spacial score (nSPS) is 19.5. The molecule has 0 aromatic carbocycles. The number of anilines is 1. The summed E-state index contributed by atoms with van der Waals surface area (Å²) in [5.74, 6) is 1.78. The number of piperidine rings is 1. The minimum Gasteiger partial charge on any atom is -0.508 e. The fraction of sp³-hybridized carbons (Fsp3) is 0.600. The fourth-order valence-corrected chi connectivity index (χ4v) is 4.74. The number of ether oxygens (including phenoxy) is 1. The summed E-state index contributed by atoms with van der Waals surface area (Å²) in [6.07, 6.45) is 11.6. The van der Waals surface area contributed by atoms with Crippen molar-refractivity contribution in [1.29, 1.82) is 0 Å². The molecule has 1 amide bonds. The van der Waals surface area contributed by atoms with E-state index in [9.17, 15) is 9.90 Å². The lowest BCUT2D eigenvalue weighted by molar-refractivity contribution is 0.128. The van der Waals surface area contributed by atoms with Crippen molar-refractivity contribution in [2.24, 2.45) is 5.92 Å². The van der Waals surface area contributed by atoms with Crippen LogP contribution in [0, 0.1) is 5.92 Å². The van der Waals surface area contributed by atoms with Crippen LogP contribution in [0.3, 0.4) is 0 Å². The number of nitrogens with one attached hydrogen (secondary N) is 1. The SMILES string of the molecule is CC(C)COC(=O)NC1CCN(c2nc(C3=C(O)C=CCC3)cc3c2CCCC3)CC1. The first-order valence-corrected chi connectivity index (χ1v) is 11.8. The molecule has 1 aromatic heterocycles. The van der Waals surface area contributed by atoms with Gasteiger partial charge < -0.3 is 20.1 Å². The van der Waals surface area contributed by atoms with Crippen molar-refractivity contribution in [2.75, 3.05) is 24.6 Å². The first-order chi connectivity index (χ1) is 15.0. The largest absolute Gasteiger partial charge is 0.508 e. The summed E-state index contributed by atoms with van der Waals surface area (Å²) in [4.78, 5) is 19.5. The zero-order chi connectivity index (χ0) is 21.8. The second-order valence-corrected chi connectivity index (χ2v) is 9.38. The average Bonchev–Trinajstić information content (AvgIpc) is 2.78. The van der Waals surface area contributed by atoms with Crippen LogP contribution in [0.1, 0.15) is 69.2 Å². The zero-order valence-corrected chi connectivity index (χ0v) is 18.8. The molecule has 0 spiro atoms. The lowest BCUT2D eigenvalue weighted by Crippen LogP contribution is -2.45. The van der Waals surface area contributed by atoms with Crippen molar-refractivity contribution in [3.63, 3.8) is 0 Å². The molecule has 2 aliphatic carbocycles. The maximum atomic E-state index is 12.0. The second kappa shape index (κ2) is 9.75. The molecule has 0 radical (unpaired) electrons. The van der Waals surface area contributed by atoms with E-state index in [1.165, 1.54) is 24.0 Å². The monoisotopic (exact) mass is 425 g/mol. The Morgan fingerprint density at radius 2 is 2.03 bits per heavy atom. The summed E-state index contributed by atoms with van der Waals surface area (Å²) in [5, 5.41) is 13.4. The van der Waals surface area contributed by atoms with Crippen LogP contribution in [0.2, 0.25) is 0 Å². The maximum Gasteiger partial charge on any atom is 0.407 e. The number of hydrogen-bond acceptors (Lipinski definition) is 5. The van der Waals surface area contributed by atoms with Crippen LogP contribution >= 0.6 is 0 Å². The highest BCUT2D eigenvalue weighted by Crippen LogP contribution is 2.35. The van der Waals surface area contributed by atoms with E-state index < -0.39 is 0 Å². The summed E-state index contributed by atoms with van der Waals surface area (Å²) in [6, 6.07) is 2.35. The van der Waals surface area contributed by atoms with E-state index >= 15 is 0 Å². The Morgan fingerprint density at radius 1 is 1.26 bits per heavy atom. The molecule has 3 aliphatic rings. The Balaban J connectivity index is 1.49. The third kappa shape index (κ3) is 5.23. The van der Waals surface area contributed by atoms with Crippen molar-refractivity contribution in [1.82, 2.24) is 10.3 Å². The number of aromatic nitrogens is 1. The molecule has 1 aliphatic heterocycles. The predicted octanol–water partition coefficient (Wildman–Crippen LogP) is 4.93. The van der Waals surface area contributed by atoms with E-state index in [0.29, 0.717) is 18.3 Å². The first-order valence-electron chi connectivity index (χ1n) is 11.8. The van der Waals surface area contributed by atoms with E-state index in [2.05, 4.69) is 16.3 Å². The van der Waals surface area contributed by atoms with E-state index in [1.54, 1.807) is 6.08 Å². The Kier molecular flexibility index (Phi) is 6.83. The number of carbonyl (C=O) groups is 1. The summed E-state index contributed by atoms with van der Waals surface area (Å²) in [5.41, 5.74) is 4.65. The molecular weight excluding hydrogens is 390 g/mol. The van der Waals surface area contributed by atoms with Gasteiger partial charge in [0.1, 0.15) is 11.6 Å². The molecule has 1 aromatic rings. The number of nitrogens with zero attached hydrogens (tertiary/aromatic N) is 2. The molecule has 31 heavy (non-hydrogen) atoms. The topological polar surface area (TPSA) is 74.7 Å². The Morgan fingerprint density at radius 3 is 2.77 bits per heavy atom. The molecule has 168 valence electrons. The molecule has 0 atom stereocenters. The van der Waals surface area contributed by atoms with Crippen LogP contribution in [0.25, 0.3) is 5.57 Å². The number of hydrogen-bond donors (Lipinski definition) is 2. The van der Waals surface area contributed by atoms with Crippen molar-refractivity contribution >= 4 is 17.5 Å². The lowest BCUT2D eigenvalue weighted by atomic mass is 9.89. The highest BCUT2D eigenvalue weighted by Gasteiger charge is 2.27. The van der Waals surface area contributed by atoms with Gasteiger partial charge in [-0.3, -0.25) is 0 Å². The van der Waals surface area contributed by atoms with Gasteiger partial charge in [-0.15, -0.1) is 0 Å². The number of fused-ring (bicyclic) bond motifs is 1. The van der Waals surface area contributed by atoms with Gasteiger partial charge in [0.25, 0.3) is 0 Å². The fourth-order valence-electron chi connectivity index (χ4n) is 4.74. The number of aryl methyl sites for hydroxylation is 1. The van der Waals surface area contributed by atoms with Crippen LogP contribution in [-0.4, -0.2) is 41.9 Å². The van der Waals surface area contributed by atoms with Crippen LogP contribution in [0.5, 0.6) is 0 Å². The van der Waals surface area contributed by atoms with Gasteiger partial charge in [-0.25, -0.2) is 9.78 Å². The Bertz CT molecular complexity index is 867. The minimum absolute atomic E-state index is 0.144. The van der Waals surface area contributed by atoms with Crippen LogP contribution < -0.4 is 10.2 Å². The third-order valence-electron chi connectivity index (χ3n) is 6.44. The number of allylic oxidation sites excluding steroid dienone is 3. The van der Waals surface area contributed by atoms with Gasteiger partial charge in [0.15, 0.2) is 0 Å². The number of carbonyl (C=O) groups excluding carboxylic acids is 1. The Hall–Kier alpha value is -2.50. The summed E-state index contributed by atoms with van der Waals surface area (Å²) < 4.78 is 5.27. The van der Waals surface area contributed by atoms with Crippen molar-refractivity contribution in [3.05, 3.63) is 40.8 Å². The number of amides is 1. The summed E-state index contributed by atoms with van der Waals surface area (Å²) in [7, 11) is 0. The Labute approximate surface area is 185 Å². The first kappa shape index (κ1) is 21.7. The summed E-state index contributed by atoms with van der Waals surface area (Å²) in [6.45, 7) is 6.25. The van der Waals surface area contributed by atoms with E-state index in [-0.39, 0.29) is 12.1 Å². The van der Waals surface area contributed by atoms with Gasteiger partial charge in [0.2, 0.25) is 0 Å². The molecular formula is C25H35N3O3. The maximum absolute atomic E-state index is 12.0. The van der Waals surface area contributed by atoms with E-state index in [1.807, 2.05) is 19.9 Å². The zero-order valence-electron chi connectivity index (χ0n) is 18.8. The minimum atomic E-state index is -0.308. The number of alkyl carbamates (subject to hydrolysis) is 1. The number of rotatable bonds is 5. The molecule has 1 fully saturated rings. The average molecular weight is 426 g/mol. The van der Waals surface area contributed by atoms with Crippen LogP contribution in [-0.2, 0) is 17.6 Å². The summed E-state index contributed by atoms with van der Waals surface area (Å²) >= 11 is 0. The molecule has 0 bridgehead atoms. The quantitative estimate of drug-likeness (QED) is 0.700. The molecule has 2 heterocycles. The standard InChI is InChI=1S/C25H35N3O3/c1-17(2)16-31-25(30)26-19-11-13-28(14-12-19)24-20-8-4-3-7-18(20)15-22(27-24)21-9-5-6-10-23(21)29/h6,10,15,17,19,29H,3-5,7-9,11-14,16H2,1-2H3,(H,26,30). The van der Waals surface area contributed by atoms with Crippen molar-refractivity contribution in [2.45, 2.75) is 71.3 Å². The van der Waals surface area contributed by atoms with Crippen LogP contribution in [0.4, 0.5) is 10.6 Å². The third-order valence-corrected chi connectivity index (χ3v) is 6.44. The number of aliphatic hydroxyl groups excluding tert-OH is 1. The molecule has 0 unspecified atom stereocenters. The van der Waals surface area contributed by atoms with Crippen molar-refractivity contribution < 1.29 is 14.6 Å². The molecule has 1 saturated heterocycles. The van der Waals surface area contributed by atoms with Crippen molar-refractivity contribution in [3.8, 4) is 0 Å². The van der Waals surface area contributed by atoms with E-state index in [4.69, 9.17) is 9.72 Å². The number of pyridine rings is 1. The van der Waals surface area contributed by atoms with Gasteiger partial charge in [0.05, 0.1) is 12.3 Å². The van der Waals surface area contributed by atoms with Gasteiger partial charge in [-0.1, -0.05) is 19.9 Å². The highest BCUT2D eigenvalue weighted by molar-refractivity contribution is 5.71. The molecule has 6 nitrogen and oxygen atoms in total. The predicted molar refractivity (Wildman–Crippen MR) is 123 cm³/mol. The van der Waals surface area contributed by atoms with Gasteiger partial charge in [0, 0.05) is 24.7 Å². The second-order valence-electron chi connectivity index (χ2n) is 9.38. The number of aliphatic hydroxyl groups is 1. The highest BCUT2D eigenvalue weighted by atomic mass is 16.5. The van der Waals surface area contributed by atoms with Gasteiger partial charge in [-0.2, -0.15) is 0 Å².